The number of ether oxygens (including phenoxy) is 2. The number of hydrogen-bond donors (Lipinski definition) is 1. The monoisotopic (exact) mass is 348 g/mol. The normalized spacial score (nSPS) is 35.8. The Morgan fingerprint density at radius 2 is 1.89 bits per heavy atom. The van der Waals surface area contributed by atoms with Gasteiger partial charge in [-0.1, -0.05) is 0 Å². The second-order valence-corrected chi connectivity index (χ2v) is 5.98. The first-order chi connectivity index (χ1) is 9.23. The van der Waals surface area contributed by atoms with E-state index in [2.05, 4.69) is 18.9 Å². The molecule has 7 nitrogen and oxygen atoms in total. The average Bonchev–Trinajstić information content (AvgIpc) is 2.44. The van der Waals surface area contributed by atoms with Crippen molar-refractivity contribution < 1.29 is 32.8 Å². The molecular formula is C8H16O7P4. The summed E-state index contributed by atoms with van der Waals surface area (Å²) in [7, 11) is 3.72. The topological polar surface area (TPSA) is 91.3 Å². The van der Waals surface area contributed by atoms with E-state index in [0.29, 0.717) is 0 Å². The second-order valence-electron chi connectivity index (χ2n) is 3.76. The van der Waals surface area contributed by atoms with E-state index in [4.69, 9.17) is 23.6 Å². The van der Waals surface area contributed by atoms with Gasteiger partial charge in [0.15, 0.2) is 23.2 Å². The number of aliphatic hydroxyl groups excluding tert-OH is 1. The average molecular weight is 348 g/mol. The van der Waals surface area contributed by atoms with Crippen molar-refractivity contribution in [2.24, 2.45) is 0 Å². The fourth-order valence-electron chi connectivity index (χ4n) is 1.84. The van der Waals surface area contributed by atoms with Gasteiger partial charge in [0.05, 0.1) is 25.5 Å². The van der Waals surface area contributed by atoms with Crippen LogP contribution in [0.3, 0.4) is 0 Å². The summed E-state index contributed by atoms with van der Waals surface area (Å²) in [6.45, 7) is 0.0493. The van der Waals surface area contributed by atoms with E-state index in [1.54, 1.807) is 0 Å². The van der Waals surface area contributed by atoms with Crippen LogP contribution in [0.2, 0.25) is 0 Å². The number of rotatable bonds is 8. The lowest BCUT2D eigenvalue weighted by atomic mass is 10.0. The standard InChI is InChI=1S/C8H16O7P4/c9-1-2-12-8-7(19-11)6(18-10)5(15-17)4(14-8)3-13-16/h4-9H,1-3,16-17H2. The first kappa shape index (κ1) is 17.9. The quantitative estimate of drug-likeness (QED) is 0.655. The fourth-order valence-corrected chi connectivity index (χ4v) is 4.03. The maximum atomic E-state index is 11.3. The molecule has 1 heterocycles. The van der Waals surface area contributed by atoms with Crippen molar-refractivity contribution in [3.8, 4) is 0 Å². The van der Waals surface area contributed by atoms with Gasteiger partial charge in [-0.25, -0.2) is 0 Å². The fraction of sp³-hybridized carbons (Fsp3) is 1.00. The van der Waals surface area contributed by atoms with E-state index in [-0.39, 0.29) is 36.7 Å². The molecule has 1 aliphatic rings. The van der Waals surface area contributed by atoms with E-state index in [1.807, 2.05) is 0 Å². The highest BCUT2D eigenvalue weighted by molar-refractivity contribution is 7.30. The Kier molecular flexibility index (Phi) is 9.18. The predicted octanol–water partition coefficient (Wildman–Crippen LogP) is 1.02. The molecule has 0 aliphatic carbocycles. The van der Waals surface area contributed by atoms with Gasteiger partial charge in [-0.15, -0.1) is 0 Å². The van der Waals surface area contributed by atoms with Crippen LogP contribution in [-0.4, -0.2) is 54.7 Å². The third kappa shape index (κ3) is 4.68. The molecule has 0 spiro atoms. The third-order valence-corrected chi connectivity index (χ3v) is 5.08. The van der Waals surface area contributed by atoms with E-state index in [0.717, 1.165) is 0 Å². The van der Waals surface area contributed by atoms with Gasteiger partial charge < -0.3 is 23.6 Å². The Bertz CT molecular complexity index is 294. The van der Waals surface area contributed by atoms with Crippen LogP contribution < -0.4 is 0 Å². The maximum Gasteiger partial charge on any atom is 0.172 e. The van der Waals surface area contributed by atoms with Crippen LogP contribution in [0.4, 0.5) is 0 Å². The van der Waals surface area contributed by atoms with Crippen molar-refractivity contribution in [2.75, 3.05) is 19.8 Å². The molecule has 1 fully saturated rings. The van der Waals surface area contributed by atoms with Crippen molar-refractivity contribution in [1.29, 1.82) is 0 Å². The Morgan fingerprint density at radius 3 is 2.37 bits per heavy atom. The Morgan fingerprint density at radius 1 is 1.21 bits per heavy atom. The summed E-state index contributed by atoms with van der Waals surface area (Å²) in [6, 6.07) is 0. The van der Waals surface area contributed by atoms with Crippen LogP contribution in [0.5, 0.6) is 0 Å². The van der Waals surface area contributed by atoms with Crippen LogP contribution >= 0.6 is 35.9 Å². The Hall–Kier alpha value is 0.860. The Balaban J connectivity index is 2.88. The van der Waals surface area contributed by atoms with Gasteiger partial charge in [0.2, 0.25) is 0 Å². The molecule has 0 bridgehead atoms. The lowest BCUT2D eigenvalue weighted by Crippen LogP contribution is -2.55. The summed E-state index contributed by atoms with van der Waals surface area (Å²) < 4.78 is 43.6. The minimum absolute atomic E-state index is 0.0417. The van der Waals surface area contributed by atoms with Crippen LogP contribution in [-0.2, 0) is 27.7 Å². The van der Waals surface area contributed by atoms with Gasteiger partial charge in [-0.3, -0.25) is 9.13 Å². The third-order valence-electron chi connectivity index (χ3n) is 2.68. The lowest BCUT2D eigenvalue weighted by Gasteiger charge is -2.40. The van der Waals surface area contributed by atoms with Crippen molar-refractivity contribution in [2.45, 2.75) is 29.8 Å². The lowest BCUT2D eigenvalue weighted by molar-refractivity contribution is -0.219. The van der Waals surface area contributed by atoms with Crippen LogP contribution in [0.1, 0.15) is 0 Å². The van der Waals surface area contributed by atoms with Crippen molar-refractivity contribution in [1.82, 2.24) is 0 Å². The first-order valence-electron chi connectivity index (χ1n) is 5.43. The minimum Gasteiger partial charge on any atom is -0.394 e. The van der Waals surface area contributed by atoms with E-state index < -0.39 is 29.8 Å². The summed E-state index contributed by atoms with van der Waals surface area (Å²) in [5.74, 6) is 0. The molecule has 0 amide bonds. The zero-order chi connectivity index (χ0) is 14.3. The number of hydrogen-bond acceptors (Lipinski definition) is 7. The van der Waals surface area contributed by atoms with Crippen molar-refractivity contribution in [3.63, 3.8) is 0 Å². The predicted molar refractivity (Wildman–Crippen MR) is 74.7 cm³/mol. The molecule has 0 aromatic heterocycles. The highest BCUT2D eigenvalue weighted by Crippen LogP contribution is 2.38. The molecule has 7 unspecified atom stereocenters. The molecule has 0 radical (unpaired) electrons. The second kappa shape index (κ2) is 9.73. The SMILES string of the molecule is O=PC1C(OCCO)OC(COP)C(OP)C1P=O. The molecule has 0 aromatic rings. The molecule has 19 heavy (non-hydrogen) atoms. The van der Waals surface area contributed by atoms with Crippen LogP contribution in [0, 0.1) is 0 Å². The van der Waals surface area contributed by atoms with Gasteiger partial charge in [0.1, 0.15) is 17.9 Å². The summed E-state index contributed by atoms with van der Waals surface area (Å²) in [5.41, 5.74) is -1.20. The van der Waals surface area contributed by atoms with E-state index in [9.17, 15) is 9.13 Å². The molecule has 7 atom stereocenters. The summed E-state index contributed by atoms with van der Waals surface area (Å²) in [6.07, 6.45) is -1.90. The number of aliphatic hydroxyl groups is 1. The van der Waals surface area contributed by atoms with Gasteiger partial charge in [0.25, 0.3) is 0 Å². The summed E-state index contributed by atoms with van der Waals surface area (Å²) >= 11 is 0. The molecule has 1 N–H and O–H groups in total. The molecule has 1 saturated heterocycles. The minimum atomic E-state index is -0.834. The maximum absolute atomic E-state index is 11.3. The van der Waals surface area contributed by atoms with Gasteiger partial charge in [0, 0.05) is 18.9 Å². The molecule has 1 aliphatic heterocycles. The van der Waals surface area contributed by atoms with Gasteiger partial charge >= 0.3 is 0 Å². The summed E-state index contributed by atoms with van der Waals surface area (Å²) in [4.78, 5) is 0. The largest absolute Gasteiger partial charge is 0.394 e. The highest BCUT2D eigenvalue weighted by atomic mass is 31.1. The van der Waals surface area contributed by atoms with Gasteiger partial charge in [-0.05, 0) is 0 Å². The first-order valence-corrected chi connectivity index (χ1v) is 8.14. The van der Waals surface area contributed by atoms with Crippen LogP contribution in [0.15, 0.2) is 0 Å². The Labute approximate surface area is 119 Å². The van der Waals surface area contributed by atoms with Crippen molar-refractivity contribution in [3.05, 3.63) is 0 Å². The molecule has 0 saturated carbocycles. The highest BCUT2D eigenvalue weighted by Gasteiger charge is 2.48. The summed E-state index contributed by atoms with van der Waals surface area (Å²) in [5, 5.41) is 8.77. The van der Waals surface area contributed by atoms with E-state index in [1.165, 1.54) is 0 Å². The molecule has 0 aromatic carbocycles. The van der Waals surface area contributed by atoms with Crippen molar-refractivity contribution >= 4 is 35.9 Å². The zero-order valence-electron chi connectivity index (χ0n) is 9.95. The molecular weight excluding hydrogens is 332 g/mol. The smallest absolute Gasteiger partial charge is 0.172 e. The molecule has 11 heteroatoms. The van der Waals surface area contributed by atoms with Crippen LogP contribution in [0.25, 0.3) is 0 Å². The van der Waals surface area contributed by atoms with Gasteiger partial charge in [-0.2, -0.15) is 0 Å². The molecule has 110 valence electrons. The molecule has 1 rings (SSSR count). The van der Waals surface area contributed by atoms with E-state index >= 15 is 0 Å². The zero-order valence-corrected chi connectivity index (χ0v) is 14.1.